The molecule has 0 radical (unpaired) electrons. The average molecular weight is 308 g/mol. The first-order valence-corrected chi connectivity index (χ1v) is 9.13. The molecule has 2 heteroatoms. The van der Waals surface area contributed by atoms with E-state index in [9.17, 15) is 8.78 Å². The van der Waals surface area contributed by atoms with Gasteiger partial charge in [-0.1, -0.05) is 39.5 Å². The Morgan fingerprint density at radius 3 is 2.09 bits per heavy atom. The third-order valence-corrected chi connectivity index (χ3v) is 5.21. The Morgan fingerprint density at radius 2 is 1.55 bits per heavy atom. The van der Waals surface area contributed by atoms with E-state index < -0.39 is 0 Å². The molecule has 0 atom stereocenters. The Balaban J connectivity index is 2.01. The number of hydrogen-bond donors (Lipinski definition) is 0. The summed E-state index contributed by atoms with van der Waals surface area (Å²) in [5, 5.41) is 0. The molecule has 1 fully saturated rings. The highest BCUT2D eigenvalue weighted by molar-refractivity contribution is 5.29. The molecule has 1 saturated carbocycles. The molecule has 0 bridgehead atoms. The van der Waals surface area contributed by atoms with Gasteiger partial charge in [0.25, 0.3) is 0 Å². The minimum Gasteiger partial charge on any atom is -0.207 e. The second-order valence-electron chi connectivity index (χ2n) is 6.93. The molecular formula is C20H30F2. The molecule has 0 aromatic heterocycles. The number of halogens is 2. The fourth-order valence-electron chi connectivity index (χ4n) is 3.84. The van der Waals surface area contributed by atoms with Crippen LogP contribution in [0.1, 0.15) is 88.7 Å². The summed E-state index contributed by atoms with van der Waals surface area (Å²) in [5.41, 5.74) is 1.17. The average Bonchev–Trinajstić information content (AvgIpc) is 2.51. The van der Waals surface area contributed by atoms with Crippen LogP contribution in [0.5, 0.6) is 0 Å². The second-order valence-corrected chi connectivity index (χ2v) is 6.93. The van der Waals surface area contributed by atoms with E-state index in [4.69, 9.17) is 0 Å². The predicted octanol–water partition coefficient (Wildman–Crippen LogP) is 6.77. The van der Waals surface area contributed by atoms with Crippen LogP contribution >= 0.6 is 0 Å². The lowest BCUT2D eigenvalue weighted by molar-refractivity contribution is 0.307. The molecule has 1 aliphatic carbocycles. The van der Waals surface area contributed by atoms with Gasteiger partial charge in [-0.15, -0.1) is 0 Å². The number of rotatable bonds is 7. The maximum Gasteiger partial charge on any atom is 0.129 e. The molecular weight excluding hydrogens is 278 g/mol. The first kappa shape index (κ1) is 17.4. The normalized spacial score (nSPS) is 22.0. The molecule has 22 heavy (non-hydrogen) atoms. The van der Waals surface area contributed by atoms with Crippen LogP contribution in [-0.4, -0.2) is 0 Å². The molecule has 0 heterocycles. The Labute approximate surface area is 134 Å². The molecule has 1 aromatic rings. The van der Waals surface area contributed by atoms with Crippen LogP contribution in [0.3, 0.4) is 0 Å². The highest BCUT2D eigenvalue weighted by Gasteiger charge is 2.23. The van der Waals surface area contributed by atoms with E-state index in [1.54, 1.807) is 12.1 Å². The van der Waals surface area contributed by atoms with Crippen molar-refractivity contribution in [1.29, 1.82) is 0 Å². The fraction of sp³-hybridized carbons (Fsp3) is 0.700. The molecule has 0 aliphatic heterocycles. The minimum atomic E-state index is -0.332. The summed E-state index contributed by atoms with van der Waals surface area (Å²) in [6.07, 6.45) is 10.6. The van der Waals surface area contributed by atoms with Crippen molar-refractivity contribution in [2.75, 3.05) is 0 Å². The van der Waals surface area contributed by atoms with Crippen molar-refractivity contribution in [1.82, 2.24) is 0 Å². The van der Waals surface area contributed by atoms with Crippen LogP contribution in [0.4, 0.5) is 8.78 Å². The Hall–Kier alpha value is -0.920. The Bertz CT molecular complexity index is 436. The van der Waals surface area contributed by atoms with E-state index >= 15 is 0 Å². The number of hydrogen-bond acceptors (Lipinski definition) is 0. The lowest BCUT2D eigenvalue weighted by Gasteiger charge is -2.29. The Kier molecular flexibility index (Phi) is 6.85. The van der Waals surface area contributed by atoms with Crippen LogP contribution in [0, 0.1) is 17.6 Å². The summed E-state index contributed by atoms with van der Waals surface area (Å²) in [7, 11) is 0. The second kappa shape index (κ2) is 8.64. The van der Waals surface area contributed by atoms with E-state index in [-0.39, 0.29) is 17.2 Å². The monoisotopic (exact) mass is 308 g/mol. The molecule has 0 saturated heterocycles. The van der Waals surface area contributed by atoms with E-state index in [0.29, 0.717) is 12.3 Å². The van der Waals surface area contributed by atoms with Gasteiger partial charge in [-0.05, 0) is 68.1 Å². The molecule has 124 valence electrons. The summed E-state index contributed by atoms with van der Waals surface area (Å²) >= 11 is 0. The van der Waals surface area contributed by atoms with E-state index in [1.165, 1.54) is 25.7 Å². The maximum absolute atomic E-state index is 14.3. The zero-order valence-electron chi connectivity index (χ0n) is 14.1. The summed E-state index contributed by atoms with van der Waals surface area (Å²) < 4.78 is 28.5. The van der Waals surface area contributed by atoms with Crippen LogP contribution in [0.2, 0.25) is 0 Å². The molecule has 0 unspecified atom stereocenters. The van der Waals surface area contributed by atoms with Gasteiger partial charge in [-0.2, -0.15) is 0 Å². The summed E-state index contributed by atoms with van der Waals surface area (Å²) in [6.45, 7) is 4.33. The van der Waals surface area contributed by atoms with Gasteiger partial charge < -0.3 is 0 Å². The molecule has 1 aliphatic rings. The molecule has 0 amide bonds. The predicted molar refractivity (Wildman–Crippen MR) is 89.2 cm³/mol. The quantitative estimate of drug-likeness (QED) is 0.487. The topological polar surface area (TPSA) is 0 Å². The largest absolute Gasteiger partial charge is 0.207 e. The smallest absolute Gasteiger partial charge is 0.129 e. The first-order valence-electron chi connectivity index (χ1n) is 9.13. The molecule has 1 aromatic carbocycles. The van der Waals surface area contributed by atoms with Crippen molar-refractivity contribution in [3.8, 4) is 0 Å². The molecule has 0 nitrogen and oxygen atoms in total. The van der Waals surface area contributed by atoms with Gasteiger partial charge in [0.1, 0.15) is 11.6 Å². The minimum absolute atomic E-state index is 0.289. The SMILES string of the molecule is CCCCCc1c(F)cc([C@H]2CC[C@H](CCC)CC2)cc1F. The van der Waals surface area contributed by atoms with Gasteiger partial charge in [-0.25, -0.2) is 8.78 Å². The highest BCUT2D eigenvalue weighted by atomic mass is 19.1. The van der Waals surface area contributed by atoms with Gasteiger partial charge >= 0.3 is 0 Å². The van der Waals surface area contributed by atoms with Gasteiger partial charge in [0.2, 0.25) is 0 Å². The van der Waals surface area contributed by atoms with Crippen molar-refractivity contribution < 1.29 is 8.78 Å². The number of unbranched alkanes of at least 4 members (excludes halogenated alkanes) is 2. The number of benzene rings is 1. The first-order chi connectivity index (χ1) is 10.7. The maximum atomic E-state index is 14.3. The van der Waals surface area contributed by atoms with Crippen LogP contribution in [0.15, 0.2) is 12.1 Å². The third kappa shape index (κ3) is 4.54. The van der Waals surface area contributed by atoms with Gasteiger partial charge in [0, 0.05) is 5.56 Å². The van der Waals surface area contributed by atoms with E-state index in [0.717, 1.165) is 43.6 Å². The standard InChI is InChI=1S/C20H30F2/c1-3-5-6-8-18-19(21)13-17(14-20(18)22)16-11-9-15(7-4-2)10-12-16/h13-16H,3-12H2,1-2H3/t15-,16-. The van der Waals surface area contributed by atoms with Crippen molar-refractivity contribution in [3.05, 3.63) is 34.9 Å². The molecule has 2 rings (SSSR count). The van der Waals surface area contributed by atoms with Crippen LogP contribution < -0.4 is 0 Å². The van der Waals surface area contributed by atoms with Crippen molar-refractivity contribution >= 4 is 0 Å². The highest BCUT2D eigenvalue weighted by Crippen LogP contribution is 2.38. The van der Waals surface area contributed by atoms with Gasteiger partial charge in [0.15, 0.2) is 0 Å². The summed E-state index contributed by atoms with van der Waals surface area (Å²) in [5.74, 6) is 0.509. The van der Waals surface area contributed by atoms with Crippen molar-refractivity contribution in [2.24, 2.45) is 5.92 Å². The molecule has 0 spiro atoms. The van der Waals surface area contributed by atoms with Crippen LogP contribution in [-0.2, 0) is 6.42 Å². The van der Waals surface area contributed by atoms with E-state index in [1.807, 2.05) is 0 Å². The van der Waals surface area contributed by atoms with Crippen molar-refractivity contribution in [2.45, 2.75) is 84.0 Å². The lowest BCUT2D eigenvalue weighted by Crippen LogP contribution is -2.14. The zero-order chi connectivity index (χ0) is 15.9. The van der Waals surface area contributed by atoms with Crippen LogP contribution in [0.25, 0.3) is 0 Å². The lowest BCUT2D eigenvalue weighted by atomic mass is 9.77. The van der Waals surface area contributed by atoms with E-state index in [2.05, 4.69) is 13.8 Å². The fourth-order valence-corrected chi connectivity index (χ4v) is 3.84. The summed E-state index contributed by atoms with van der Waals surface area (Å²) in [4.78, 5) is 0. The Morgan fingerprint density at radius 1 is 0.909 bits per heavy atom. The molecule has 0 N–H and O–H groups in total. The third-order valence-electron chi connectivity index (χ3n) is 5.21. The van der Waals surface area contributed by atoms with Gasteiger partial charge in [0.05, 0.1) is 0 Å². The van der Waals surface area contributed by atoms with Gasteiger partial charge in [-0.3, -0.25) is 0 Å². The zero-order valence-corrected chi connectivity index (χ0v) is 14.1. The summed E-state index contributed by atoms with van der Waals surface area (Å²) in [6, 6.07) is 3.21. The van der Waals surface area contributed by atoms with Crippen molar-refractivity contribution in [3.63, 3.8) is 0 Å².